The van der Waals surface area contributed by atoms with Crippen molar-refractivity contribution < 1.29 is 19.1 Å². The molecule has 0 radical (unpaired) electrons. The predicted molar refractivity (Wildman–Crippen MR) is 102 cm³/mol. The van der Waals surface area contributed by atoms with Crippen LogP contribution in [0.3, 0.4) is 0 Å². The first kappa shape index (κ1) is 20.4. The van der Waals surface area contributed by atoms with E-state index < -0.39 is 5.97 Å². The van der Waals surface area contributed by atoms with Crippen LogP contribution in [-0.4, -0.2) is 56.0 Å². The predicted octanol–water partition coefficient (Wildman–Crippen LogP) is 2.41. The van der Waals surface area contributed by atoms with Crippen LogP contribution in [0.4, 0.5) is 5.00 Å². The van der Waals surface area contributed by atoms with Crippen LogP contribution in [0.2, 0.25) is 0 Å². The average molecular weight is 381 g/mol. The van der Waals surface area contributed by atoms with E-state index in [1.54, 1.807) is 13.8 Å². The molecule has 0 bridgehead atoms. The summed E-state index contributed by atoms with van der Waals surface area (Å²) in [7, 11) is 1.53. The van der Waals surface area contributed by atoms with Crippen LogP contribution in [0.15, 0.2) is 0 Å². The lowest BCUT2D eigenvalue weighted by Crippen LogP contribution is -2.34. The fraction of sp³-hybridized carbons (Fsp3) is 0.611. The second-order valence-electron chi connectivity index (χ2n) is 6.30. The summed E-state index contributed by atoms with van der Waals surface area (Å²) in [5, 5.41) is 5.75. The number of rotatable bonds is 6. The molecule has 2 amide bonds. The van der Waals surface area contributed by atoms with E-state index in [4.69, 9.17) is 4.74 Å². The fourth-order valence-electron chi connectivity index (χ4n) is 3.04. The van der Waals surface area contributed by atoms with Crippen molar-refractivity contribution in [2.75, 3.05) is 38.6 Å². The third-order valence-corrected chi connectivity index (χ3v) is 5.58. The number of carbonyl (C=O) groups excluding carboxylic acids is 3. The highest BCUT2D eigenvalue weighted by Gasteiger charge is 2.26. The minimum atomic E-state index is -0.526. The highest BCUT2D eigenvalue weighted by atomic mass is 32.1. The van der Waals surface area contributed by atoms with Gasteiger partial charge in [0.25, 0.3) is 5.91 Å². The van der Waals surface area contributed by atoms with Gasteiger partial charge in [-0.3, -0.25) is 14.5 Å². The summed E-state index contributed by atoms with van der Waals surface area (Å²) in [5.41, 5.74) is 0.789. The summed E-state index contributed by atoms with van der Waals surface area (Å²) in [4.78, 5) is 39.4. The van der Waals surface area contributed by atoms with Crippen LogP contribution in [-0.2, 0) is 9.53 Å². The van der Waals surface area contributed by atoms with Gasteiger partial charge >= 0.3 is 5.97 Å². The quantitative estimate of drug-likeness (QED) is 0.739. The van der Waals surface area contributed by atoms with Crippen molar-refractivity contribution in [3.63, 3.8) is 0 Å². The molecule has 1 aliphatic heterocycles. The van der Waals surface area contributed by atoms with Crippen molar-refractivity contribution in [1.82, 2.24) is 10.2 Å². The van der Waals surface area contributed by atoms with Crippen LogP contribution in [0.25, 0.3) is 0 Å². The molecule has 0 atom stereocenters. The summed E-state index contributed by atoms with van der Waals surface area (Å²) < 4.78 is 5.10. The lowest BCUT2D eigenvalue weighted by molar-refractivity contribution is -0.117. The Morgan fingerprint density at radius 2 is 1.81 bits per heavy atom. The van der Waals surface area contributed by atoms with E-state index in [2.05, 4.69) is 15.5 Å². The molecular weight excluding hydrogens is 354 g/mol. The summed E-state index contributed by atoms with van der Waals surface area (Å²) in [6.07, 6.45) is 4.59. The van der Waals surface area contributed by atoms with Gasteiger partial charge in [-0.2, -0.15) is 0 Å². The van der Waals surface area contributed by atoms with Crippen LogP contribution in [0.1, 0.15) is 58.2 Å². The molecule has 1 aliphatic rings. The third-order valence-electron chi connectivity index (χ3n) is 4.38. The van der Waals surface area contributed by atoms with E-state index in [0.717, 1.165) is 37.3 Å². The largest absolute Gasteiger partial charge is 0.462 e. The van der Waals surface area contributed by atoms with Crippen LogP contribution in [0, 0.1) is 6.92 Å². The second kappa shape index (κ2) is 9.68. The standard InChI is InChI=1S/C18H27N3O4S/c1-4-25-18(24)14-12(2)15(16(23)19-3)26-17(14)20-13(22)11-21-9-7-5-6-8-10-21/h4-11H2,1-3H3,(H,19,23)(H,20,22). The van der Waals surface area contributed by atoms with Gasteiger partial charge in [0, 0.05) is 7.05 Å². The van der Waals surface area contributed by atoms with Crippen molar-refractivity contribution in [3.8, 4) is 0 Å². The first-order chi connectivity index (χ1) is 12.5. The second-order valence-corrected chi connectivity index (χ2v) is 7.32. The zero-order valence-electron chi connectivity index (χ0n) is 15.6. The molecule has 0 saturated carbocycles. The van der Waals surface area contributed by atoms with Crippen LogP contribution >= 0.6 is 11.3 Å². The zero-order chi connectivity index (χ0) is 19.1. The van der Waals surface area contributed by atoms with Gasteiger partial charge in [0.1, 0.15) is 5.00 Å². The van der Waals surface area contributed by atoms with E-state index in [1.165, 1.54) is 19.9 Å². The van der Waals surface area contributed by atoms with Gasteiger partial charge in [0.2, 0.25) is 5.91 Å². The molecule has 2 N–H and O–H groups in total. The van der Waals surface area contributed by atoms with Gasteiger partial charge < -0.3 is 15.4 Å². The van der Waals surface area contributed by atoms with Crippen molar-refractivity contribution >= 4 is 34.1 Å². The highest BCUT2D eigenvalue weighted by Crippen LogP contribution is 2.33. The summed E-state index contributed by atoms with van der Waals surface area (Å²) in [6, 6.07) is 0. The molecule has 144 valence electrons. The van der Waals surface area contributed by atoms with E-state index in [-0.39, 0.29) is 30.5 Å². The number of hydrogen-bond donors (Lipinski definition) is 2. The number of nitrogens with one attached hydrogen (secondary N) is 2. The van der Waals surface area contributed by atoms with Crippen molar-refractivity contribution in [3.05, 3.63) is 16.0 Å². The molecule has 1 aromatic heterocycles. The van der Waals surface area contributed by atoms with Gasteiger partial charge in [-0.25, -0.2) is 4.79 Å². The summed E-state index contributed by atoms with van der Waals surface area (Å²) >= 11 is 1.10. The molecule has 7 nitrogen and oxygen atoms in total. The molecule has 0 aliphatic carbocycles. The Morgan fingerprint density at radius 3 is 2.38 bits per heavy atom. The number of thiophene rings is 1. The Bertz CT molecular complexity index is 664. The highest BCUT2D eigenvalue weighted by molar-refractivity contribution is 7.18. The maximum Gasteiger partial charge on any atom is 0.341 e. The van der Waals surface area contributed by atoms with Crippen molar-refractivity contribution in [2.24, 2.45) is 0 Å². The molecule has 1 fully saturated rings. The smallest absolute Gasteiger partial charge is 0.341 e. The van der Waals surface area contributed by atoms with E-state index in [1.807, 2.05) is 0 Å². The Hall–Kier alpha value is -1.93. The summed E-state index contributed by atoms with van der Waals surface area (Å²) in [6.45, 7) is 5.74. The molecule has 2 rings (SSSR count). The molecule has 0 spiro atoms. The molecular formula is C18H27N3O4S. The zero-order valence-corrected chi connectivity index (χ0v) is 16.5. The Labute approximate surface area is 158 Å². The third kappa shape index (κ3) is 5.04. The molecule has 0 aromatic carbocycles. The SMILES string of the molecule is CCOC(=O)c1c(NC(=O)CN2CCCCCC2)sc(C(=O)NC)c1C. The number of ether oxygens (including phenoxy) is 1. The van der Waals surface area contributed by atoms with Gasteiger partial charge in [0.05, 0.1) is 23.6 Å². The fourth-order valence-corrected chi connectivity index (χ4v) is 4.20. The number of nitrogens with zero attached hydrogens (tertiary/aromatic N) is 1. The number of anilines is 1. The maximum atomic E-state index is 12.5. The molecule has 0 unspecified atom stereocenters. The minimum absolute atomic E-state index is 0.179. The van der Waals surface area contributed by atoms with Gasteiger partial charge in [-0.15, -0.1) is 11.3 Å². The molecule has 2 heterocycles. The first-order valence-corrected chi connectivity index (χ1v) is 9.84. The van der Waals surface area contributed by atoms with Gasteiger partial charge in [-0.05, 0) is 45.3 Å². The number of amides is 2. The first-order valence-electron chi connectivity index (χ1n) is 9.02. The maximum absolute atomic E-state index is 12.5. The molecule has 1 saturated heterocycles. The molecule has 1 aromatic rings. The van der Waals surface area contributed by atoms with E-state index in [0.29, 0.717) is 15.4 Å². The normalized spacial score (nSPS) is 15.2. The number of carbonyl (C=O) groups is 3. The lowest BCUT2D eigenvalue weighted by Gasteiger charge is -2.18. The molecule has 26 heavy (non-hydrogen) atoms. The van der Waals surface area contributed by atoms with Crippen LogP contribution < -0.4 is 10.6 Å². The number of hydrogen-bond acceptors (Lipinski definition) is 6. The van der Waals surface area contributed by atoms with E-state index in [9.17, 15) is 14.4 Å². The van der Waals surface area contributed by atoms with Gasteiger partial charge in [0.15, 0.2) is 0 Å². The van der Waals surface area contributed by atoms with Gasteiger partial charge in [-0.1, -0.05) is 12.8 Å². The Kier molecular flexibility index (Phi) is 7.59. The van der Waals surface area contributed by atoms with Crippen molar-refractivity contribution in [2.45, 2.75) is 39.5 Å². The number of likely N-dealkylation sites (tertiary alicyclic amines) is 1. The monoisotopic (exact) mass is 381 g/mol. The average Bonchev–Trinajstić information content (AvgIpc) is 2.76. The molecule has 8 heteroatoms. The minimum Gasteiger partial charge on any atom is -0.462 e. The number of esters is 1. The lowest BCUT2D eigenvalue weighted by atomic mass is 10.1. The Balaban J connectivity index is 2.19. The van der Waals surface area contributed by atoms with Crippen LogP contribution in [0.5, 0.6) is 0 Å². The van der Waals surface area contributed by atoms with Crippen molar-refractivity contribution in [1.29, 1.82) is 0 Å². The topological polar surface area (TPSA) is 87.7 Å². The Morgan fingerprint density at radius 1 is 1.15 bits per heavy atom. The summed E-state index contributed by atoms with van der Waals surface area (Å²) in [5.74, 6) is -0.991. The van der Waals surface area contributed by atoms with E-state index >= 15 is 0 Å².